The molecule has 0 spiro atoms. The molecule has 3 heterocycles. The molecule has 0 radical (unpaired) electrons. The molecule has 1 aliphatic rings. The summed E-state index contributed by atoms with van der Waals surface area (Å²) in [5.74, 6) is 1.50. The van der Waals surface area contributed by atoms with Gasteiger partial charge in [-0.1, -0.05) is 26.0 Å². The summed E-state index contributed by atoms with van der Waals surface area (Å²) in [4.78, 5) is 10.6. The first-order chi connectivity index (χ1) is 19.1. The van der Waals surface area contributed by atoms with Gasteiger partial charge in [0.2, 0.25) is 5.89 Å². The standard InChI is InChI=1S/C31H30F4N4O/c1-19(2)25-15-21(17-36)16-27-29(25)40-30(38-27)23-6-4-22(5-7-23)26(32)9-3-20-11-13-39(14-12-20)28-10-8-24(18-37-28)31(33,34)35/h4-8,10,15-16,18-20,26H,3,9,11-14H2,1-2H3. The van der Waals surface area contributed by atoms with Gasteiger partial charge in [0.15, 0.2) is 5.58 Å². The Morgan fingerprint density at radius 2 is 1.80 bits per heavy atom. The summed E-state index contributed by atoms with van der Waals surface area (Å²) in [6.45, 7) is 5.45. The highest BCUT2D eigenvalue weighted by molar-refractivity contribution is 5.81. The van der Waals surface area contributed by atoms with Crippen LogP contribution in [0.3, 0.4) is 0 Å². The maximum absolute atomic E-state index is 15.1. The van der Waals surface area contributed by atoms with Crippen molar-refractivity contribution in [1.82, 2.24) is 9.97 Å². The topological polar surface area (TPSA) is 66.0 Å². The third-order valence-corrected chi connectivity index (χ3v) is 7.63. The quantitative estimate of drug-likeness (QED) is 0.216. The van der Waals surface area contributed by atoms with Crippen molar-refractivity contribution < 1.29 is 22.0 Å². The fourth-order valence-electron chi connectivity index (χ4n) is 5.25. The summed E-state index contributed by atoms with van der Waals surface area (Å²) in [6.07, 6.45) is -1.79. The Labute approximate surface area is 230 Å². The molecular weight excluding hydrogens is 520 g/mol. The van der Waals surface area contributed by atoms with Crippen molar-refractivity contribution in [1.29, 1.82) is 5.26 Å². The largest absolute Gasteiger partial charge is 0.436 e. The average molecular weight is 551 g/mol. The van der Waals surface area contributed by atoms with Gasteiger partial charge in [-0.2, -0.15) is 18.4 Å². The summed E-state index contributed by atoms with van der Waals surface area (Å²) >= 11 is 0. The second kappa shape index (κ2) is 11.3. The van der Waals surface area contributed by atoms with Gasteiger partial charge in [-0.25, -0.2) is 14.4 Å². The van der Waals surface area contributed by atoms with Gasteiger partial charge >= 0.3 is 6.18 Å². The van der Waals surface area contributed by atoms with E-state index in [1.54, 1.807) is 18.2 Å². The number of halogens is 4. The third-order valence-electron chi connectivity index (χ3n) is 7.63. The summed E-state index contributed by atoms with van der Waals surface area (Å²) in [6, 6.07) is 15.3. The van der Waals surface area contributed by atoms with E-state index in [4.69, 9.17) is 4.42 Å². The van der Waals surface area contributed by atoms with Crippen molar-refractivity contribution in [2.24, 2.45) is 5.92 Å². The van der Waals surface area contributed by atoms with E-state index in [9.17, 15) is 18.4 Å². The van der Waals surface area contributed by atoms with Crippen LogP contribution >= 0.6 is 0 Å². The Balaban J connectivity index is 1.16. The van der Waals surface area contributed by atoms with Crippen molar-refractivity contribution in [3.8, 4) is 17.5 Å². The van der Waals surface area contributed by atoms with Crippen LogP contribution in [0.4, 0.5) is 23.4 Å². The number of aromatic nitrogens is 2. The number of anilines is 1. The predicted molar refractivity (Wildman–Crippen MR) is 146 cm³/mol. The summed E-state index contributed by atoms with van der Waals surface area (Å²) in [5, 5.41) is 9.35. The Morgan fingerprint density at radius 3 is 2.40 bits per heavy atom. The molecule has 1 atom stereocenters. The molecule has 0 bridgehead atoms. The Bertz CT molecular complexity index is 1500. The third kappa shape index (κ3) is 5.96. The van der Waals surface area contributed by atoms with Crippen LogP contribution in [0, 0.1) is 17.2 Å². The molecule has 5 rings (SSSR count). The van der Waals surface area contributed by atoms with Crippen LogP contribution in [0.1, 0.15) is 73.9 Å². The Hall–Kier alpha value is -3.93. The SMILES string of the molecule is CC(C)c1cc(C#N)cc2nc(-c3ccc(C(F)CCC4CCN(c5ccc(C(F)(F)F)cn5)CC4)cc3)oc12. The number of nitrogens with zero attached hydrogens (tertiary/aromatic N) is 4. The molecule has 4 aromatic rings. The van der Waals surface area contributed by atoms with E-state index in [-0.39, 0.29) is 5.92 Å². The van der Waals surface area contributed by atoms with Crippen molar-refractivity contribution in [2.75, 3.05) is 18.0 Å². The molecule has 5 nitrogen and oxygen atoms in total. The molecule has 1 saturated heterocycles. The minimum atomic E-state index is -4.40. The number of hydrogen-bond donors (Lipinski definition) is 0. The van der Waals surface area contributed by atoms with Gasteiger partial charge < -0.3 is 9.32 Å². The van der Waals surface area contributed by atoms with Gasteiger partial charge in [0.25, 0.3) is 0 Å². The van der Waals surface area contributed by atoms with Crippen molar-refractivity contribution >= 4 is 16.9 Å². The number of fused-ring (bicyclic) bond motifs is 1. The highest BCUT2D eigenvalue weighted by Gasteiger charge is 2.31. The lowest BCUT2D eigenvalue weighted by molar-refractivity contribution is -0.137. The maximum Gasteiger partial charge on any atom is 0.417 e. The first-order valence-electron chi connectivity index (χ1n) is 13.5. The molecule has 208 valence electrons. The van der Waals surface area contributed by atoms with Crippen molar-refractivity contribution in [3.05, 3.63) is 77.0 Å². The lowest BCUT2D eigenvalue weighted by atomic mass is 9.90. The van der Waals surface area contributed by atoms with Gasteiger partial charge in [-0.15, -0.1) is 0 Å². The molecule has 1 unspecified atom stereocenters. The highest BCUT2D eigenvalue weighted by atomic mass is 19.4. The van der Waals surface area contributed by atoms with E-state index in [0.29, 0.717) is 59.4 Å². The van der Waals surface area contributed by atoms with E-state index in [2.05, 4.69) is 16.0 Å². The fraction of sp³-hybridized carbons (Fsp3) is 0.387. The lowest BCUT2D eigenvalue weighted by Crippen LogP contribution is -2.34. The number of benzene rings is 2. The zero-order valence-electron chi connectivity index (χ0n) is 22.4. The molecule has 9 heteroatoms. The molecule has 40 heavy (non-hydrogen) atoms. The van der Waals surface area contributed by atoms with E-state index in [1.165, 1.54) is 6.07 Å². The van der Waals surface area contributed by atoms with Crippen molar-refractivity contribution in [2.45, 2.75) is 57.8 Å². The van der Waals surface area contributed by atoms with Gasteiger partial charge in [0.1, 0.15) is 17.5 Å². The van der Waals surface area contributed by atoms with Crippen LogP contribution in [-0.2, 0) is 6.18 Å². The average Bonchev–Trinajstić information content (AvgIpc) is 3.39. The van der Waals surface area contributed by atoms with Gasteiger partial charge in [-0.3, -0.25) is 0 Å². The normalized spacial score (nSPS) is 15.5. The molecule has 2 aromatic heterocycles. The number of hydrogen-bond acceptors (Lipinski definition) is 5. The zero-order chi connectivity index (χ0) is 28.4. The minimum Gasteiger partial charge on any atom is -0.436 e. The predicted octanol–water partition coefficient (Wildman–Crippen LogP) is 8.61. The number of oxazole rings is 1. The molecule has 1 fully saturated rings. The van der Waals surface area contributed by atoms with Gasteiger partial charge in [-0.05, 0) is 79.5 Å². The van der Waals surface area contributed by atoms with Gasteiger partial charge in [0, 0.05) is 30.4 Å². The molecular formula is C31H30F4N4O. The second-order valence-electron chi connectivity index (χ2n) is 10.7. The van der Waals surface area contributed by atoms with Crippen LogP contribution in [0.2, 0.25) is 0 Å². The highest BCUT2D eigenvalue weighted by Crippen LogP contribution is 2.34. The van der Waals surface area contributed by atoms with Gasteiger partial charge in [0.05, 0.1) is 17.2 Å². The number of piperidine rings is 1. The number of alkyl halides is 4. The van der Waals surface area contributed by atoms with E-state index < -0.39 is 17.9 Å². The maximum atomic E-state index is 15.1. The number of pyridine rings is 1. The molecule has 1 aliphatic heterocycles. The van der Waals surface area contributed by atoms with Crippen LogP contribution < -0.4 is 4.90 Å². The first kappa shape index (κ1) is 27.6. The molecule has 0 aliphatic carbocycles. The van der Waals surface area contributed by atoms with E-state index in [0.717, 1.165) is 42.7 Å². The Kier molecular flexibility index (Phi) is 7.79. The van der Waals surface area contributed by atoms with Crippen LogP contribution in [-0.4, -0.2) is 23.1 Å². The number of rotatable bonds is 7. The van der Waals surface area contributed by atoms with Crippen LogP contribution in [0.15, 0.2) is 59.1 Å². The molecule has 2 aromatic carbocycles. The zero-order valence-corrected chi connectivity index (χ0v) is 22.4. The Morgan fingerprint density at radius 1 is 1.07 bits per heavy atom. The van der Waals surface area contributed by atoms with Crippen LogP contribution in [0.5, 0.6) is 0 Å². The summed E-state index contributed by atoms with van der Waals surface area (Å²) in [7, 11) is 0. The molecule has 0 saturated carbocycles. The lowest BCUT2D eigenvalue weighted by Gasteiger charge is -2.33. The van der Waals surface area contributed by atoms with E-state index >= 15 is 4.39 Å². The molecule has 0 amide bonds. The monoisotopic (exact) mass is 550 g/mol. The summed E-state index contributed by atoms with van der Waals surface area (Å²) in [5.41, 5.74) is 3.34. The first-order valence-corrected chi connectivity index (χ1v) is 13.5. The minimum absolute atomic E-state index is 0.167. The number of nitriles is 1. The fourth-order valence-corrected chi connectivity index (χ4v) is 5.25. The second-order valence-corrected chi connectivity index (χ2v) is 10.7. The van der Waals surface area contributed by atoms with Crippen molar-refractivity contribution in [3.63, 3.8) is 0 Å². The smallest absolute Gasteiger partial charge is 0.417 e. The van der Waals surface area contributed by atoms with E-state index in [1.807, 2.05) is 36.9 Å². The molecule has 0 N–H and O–H groups in total. The van der Waals surface area contributed by atoms with Crippen LogP contribution in [0.25, 0.3) is 22.6 Å². The summed E-state index contributed by atoms with van der Waals surface area (Å²) < 4.78 is 59.5.